The third-order valence-electron chi connectivity index (χ3n) is 6.24. The maximum Gasteiger partial charge on any atom is 0.408 e. The summed E-state index contributed by atoms with van der Waals surface area (Å²) in [6, 6.07) is 14.9. The molecule has 3 aromatic rings. The molecule has 7 nitrogen and oxygen atoms in total. The summed E-state index contributed by atoms with van der Waals surface area (Å²) >= 11 is 0. The molecule has 0 spiro atoms. The van der Waals surface area contributed by atoms with Crippen LogP contribution in [0.4, 0.5) is 4.79 Å². The van der Waals surface area contributed by atoms with Crippen LogP contribution in [0.1, 0.15) is 78.7 Å². The number of rotatable bonds is 14. The van der Waals surface area contributed by atoms with E-state index in [9.17, 15) is 9.59 Å². The van der Waals surface area contributed by atoms with Crippen molar-refractivity contribution >= 4 is 11.9 Å². The Balaban J connectivity index is 1.58. The van der Waals surface area contributed by atoms with Crippen LogP contribution in [0.15, 0.2) is 59.2 Å². The van der Waals surface area contributed by atoms with E-state index < -0.39 is 17.7 Å². The number of amides is 1. The molecule has 0 bridgehead atoms. The number of aromatic nitrogens is 1. The molecule has 210 valence electrons. The molecule has 0 unspecified atom stereocenters. The van der Waals surface area contributed by atoms with Crippen molar-refractivity contribution < 1.29 is 23.5 Å². The molecule has 0 radical (unpaired) electrons. The van der Waals surface area contributed by atoms with Crippen LogP contribution in [0.3, 0.4) is 0 Å². The topological polar surface area (TPSA) is 90.7 Å². The number of hydrogen-bond acceptors (Lipinski definition) is 6. The number of nitrogens with zero attached hydrogens (tertiary/aromatic N) is 1. The summed E-state index contributed by atoms with van der Waals surface area (Å²) < 4.78 is 16.9. The number of ketones is 1. The first-order valence-corrected chi connectivity index (χ1v) is 14.0. The largest absolute Gasteiger partial charge is 0.494 e. The van der Waals surface area contributed by atoms with Gasteiger partial charge in [-0.1, -0.05) is 63.8 Å². The van der Waals surface area contributed by atoms with Crippen LogP contribution in [-0.2, 0) is 16.0 Å². The summed E-state index contributed by atoms with van der Waals surface area (Å²) in [6.07, 6.45) is 7.80. The molecular formula is C32H42N2O5. The van der Waals surface area contributed by atoms with Crippen molar-refractivity contribution in [2.24, 2.45) is 0 Å². The van der Waals surface area contributed by atoms with E-state index in [1.807, 2.05) is 48.5 Å². The number of carbonyl (C=O) groups excluding carboxylic acids is 2. The van der Waals surface area contributed by atoms with E-state index in [0.29, 0.717) is 18.7 Å². The fourth-order valence-electron chi connectivity index (χ4n) is 4.12. The second-order valence-corrected chi connectivity index (χ2v) is 10.7. The van der Waals surface area contributed by atoms with Gasteiger partial charge in [0.2, 0.25) is 5.89 Å². The summed E-state index contributed by atoms with van der Waals surface area (Å²) in [4.78, 5) is 29.4. The van der Waals surface area contributed by atoms with Crippen molar-refractivity contribution in [2.75, 3.05) is 6.61 Å². The fourth-order valence-corrected chi connectivity index (χ4v) is 4.12. The van der Waals surface area contributed by atoms with Gasteiger partial charge < -0.3 is 19.2 Å². The first-order chi connectivity index (χ1) is 18.7. The normalized spacial score (nSPS) is 12.1. The Labute approximate surface area is 232 Å². The second-order valence-electron chi connectivity index (χ2n) is 10.7. The minimum absolute atomic E-state index is 0.0468. The number of benzene rings is 2. The van der Waals surface area contributed by atoms with Crippen LogP contribution < -0.4 is 10.1 Å². The number of alkyl carbamates (subject to hydrolysis) is 1. The minimum Gasteiger partial charge on any atom is -0.494 e. The quantitative estimate of drug-likeness (QED) is 0.212. The Morgan fingerprint density at radius 3 is 2.23 bits per heavy atom. The van der Waals surface area contributed by atoms with E-state index in [0.717, 1.165) is 41.2 Å². The van der Waals surface area contributed by atoms with Gasteiger partial charge in [-0.2, -0.15) is 0 Å². The van der Waals surface area contributed by atoms with Crippen molar-refractivity contribution in [3.8, 4) is 28.5 Å². The van der Waals surface area contributed by atoms with Gasteiger partial charge in [0.1, 0.15) is 23.3 Å². The maximum atomic E-state index is 12.5. The highest BCUT2D eigenvalue weighted by molar-refractivity contribution is 5.87. The van der Waals surface area contributed by atoms with Crippen LogP contribution in [-0.4, -0.2) is 35.1 Å². The average Bonchev–Trinajstić information content (AvgIpc) is 3.40. The van der Waals surface area contributed by atoms with E-state index in [-0.39, 0.29) is 5.78 Å². The first-order valence-electron chi connectivity index (χ1n) is 14.0. The molecule has 0 aliphatic carbocycles. The van der Waals surface area contributed by atoms with E-state index in [4.69, 9.17) is 13.9 Å². The number of carbonyl (C=O) groups is 2. The van der Waals surface area contributed by atoms with Gasteiger partial charge in [-0.3, -0.25) is 4.79 Å². The smallest absolute Gasteiger partial charge is 0.408 e. The molecule has 0 aliphatic rings. The van der Waals surface area contributed by atoms with Gasteiger partial charge in [0.25, 0.3) is 0 Å². The molecule has 0 aliphatic heterocycles. The van der Waals surface area contributed by atoms with Crippen molar-refractivity contribution in [1.82, 2.24) is 10.3 Å². The average molecular weight is 535 g/mol. The fraction of sp³-hybridized carbons (Fsp3) is 0.469. The van der Waals surface area contributed by atoms with Gasteiger partial charge in [-0.05, 0) is 63.4 Å². The first kappa shape index (κ1) is 29.9. The highest BCUT2D eigenvalue weighted by atomic mass is 16.6. The molecule has 0 fully saturated rings. The summed E-state index contributed by atoms with van der Waals surface area (Å²) in [5, 5.41) is 2.72. The molecule has 0 saturated heterocycles. The maximum absolute atomic E-state index is 12.5. The van der Waals surface area contributed by atoms with Gasteiger partial charge in [0.05, 0.1) is 12.6 Å². The third kappa shape index (κ3) is 9.89. The van der Waals surface area contributed by atoms with Gasteiger partial charge in [0, 0.05) is 17.5 Å². The lowest BCUT2D eigenvalue weighted by Gasteiger charge is -2.23. The van der Waals surface area contributed by atoms with Gasteiger partial charge >= 0.3 is 6.09 Å². The van der Waals surface area contributed by atoms with Gasteiger partial charge in [-0.25, -0.2) is 9.78 Å². The van der Waals surface area contributed by atoms with E-state index >= 15 is 0 Å². The molecule has 7 heteroatoms. The summed E-state index contributed by atoms with van der Waals surface area (Å²) in [5.74, 6) is 1.34. The minimum atomic E-state index is -0.651. The Morgan fingerprint density at radius 1 is 0.923 bits per heavy atom. The van der Waals surface area contributed by atoms with E-state index in [1.165, 1.54) is 25.7 Å². The molecule has 3 rings (SSSR count). The summed E-state index contributed by atoms with van der Waals surface area (Å²) in [5.41, 5.74) is 2.78. The Bertz CT molecular complexity index is 1180. The van der Waals surface area contributed by atoms with Crippen LogP contribution in [0.2, 0.25) is 0 Å². The predicted octanol–water partition coefficient (Wildman–Crippen LogP) is 7.77. The molecule has 1 amide bonds. The zero-order valence-electron chi connectivity index (χ0n) is 23.9. The molecule has 39 heavy (non-hydrogen) atoms. The van der Waals surface area contributed by atoms with Crippen LogP contribution in [0, 0.1) is 0 Å². The van der Waals surface area contributed by atoms with Crippen molar-refractivity contribution in [2.45, 2.75) is 91.2 Å². The SMILES string of the molecule is CCCCCCCOc1ccc(-c2nc(-c3ccc(C[C@H](NC(=O)OC(C)(C)C)C(=O)CC)cc3)co2)cc1. The molecule has 1 aromatic heterocycles. The van der Waals surface area contributed by atoms with Crippen LogP contribution in [0.5, 0.6) is 5.75 Å². The highest BCUT2D eigenvalue weighted by Gasteiger charge is 2.23. The molecule has 1 heterocycles. The predicted molar refractivity (Wildman–Crippen MR) is 154 cm³/mol. The van der Waals surface area contributed by atoms with Gasteiger partial charge in [0.15, 0.2) is 5.78 Å². The zero-order chi connectivity index (χ0) is 28.3. The molecular weight excluding hydrogens is 492 g/mol. The number of hydrogen-bond donors (Lipinski definition) is 1. The van der Waals surface area contributed by atoms with Crippen molar-refractivity contribution in [1.29, 1.82) is 0 Å². The Kier molecular flexibility index (Phi) is 11.1. The lowest BCUT2D eigenvalue weighted by atomic mass is 9.99. The molecule has 2 aromatic carbocycles. The van der Waals surface area contributed by atoms with E-state index in [2.05, 4.69) is 17.2 Å². The Morgan fingerprint density at radius 2 is 1.59 bits per heavy atom. The van der Waals surface area contributed by atoms with Crippen molar-refractivity contribution in [3.63, 3.8) is 0 Å². The number of nitrogens with one attached hydrogen (secondary N) is 1. The molecule has 0 saturated carbocycles. The summed E-state index contributed by atoms with van der Waals surface area (Å²) in [7, 11) is 0. The number of ether oxygens (including phenoxy) is 2. The monoisotopic (exact) mass is 534 g/mol. The molecule has 1 atom stereocenters. The second kappa shape index (κ2) is 14.5. The number of oxazole rings is 1. The number of unbranched alkanes of at least 4 members (excludes halogenated alkanes) is 4. The standard InChI is InChI=1S/C32H42N2O5/c1-6-8-9-10-11-20-37-26-18-16-25(17-19-26)30-33-28(22-38-30)24-14-12-23(13-15-24)21-27(29(35)7-2)34-31(36)39-32(3,4)5/h12-19,22,27H,6-11,20-21H2,1-5H3,(H,34,36)/t27-/m0/s1. The van der Waals surface area contributed by atoms with Gasteiger partial charge in [-0.15, -0.1) is 0 Å². The van der Waals surface area contributed by atoms with Crippen molar-refractivity contribution in [3.05, 3.63) is 60.4 Å². The lowest BCUT2D eigenvalue weighted by molar-refractivity contribution is -0.120. The highest BCUT2D eigenvalue weighted by Crippen LogP contribution is 2.27. The van der Waals surface area contributed by atoms with Crippen LogP contribution >= 0.6 is 0 Å². The van der Waals surface area contributed by atoms with Crippen LogP contribution in [0.25, 0.3) is 22.7 Å². The number of Topliss-reactive ketones (excluding diaryl/α,β-unsaturated/α-hetero) is 1. The lowest BCUT2D eigenvalue weighted by Crippen LogP contribution is -2.44. The Hall–Kier alpha value is -3.61. The zero-order valence-corrected chi connectivity index (χ0v) is 23.9. The third-order valence-corrected chi connectivity index (χ3v) is 6.24. The van der Waals surface area contributed by atoms with E-state index in [1.54, 1.807) is 34.0 Å². The summed E-state index contributed by atoms with van der Waals surface area (Å²) in [6.45, 7) is 10.1. The molecule has 1 N–H and O–H groups in total.